The van der Waals surface area contributed by atoms with Gasteiger partial charge in [0.15, 0.2) is 5.78 Å². The van der Waals surface area contributed by atoms with Crippen molar-refractivity contribution in [2.75, 3.05) is 0 Å². The molecule has 0 amide bonds. The predicted molar refractivity (Wildman–Crippen MR) is 137 cm³/mol. The van der Waals surface area contributed by atoms with Gasteiger partial charge in [-0.3, -0.25) is 9.59 Å². The van der Waals surface area contributed by atoms with Gasteiger partial charge in [0.2, 0.25) is 5.41 Å². The Morgan fingerprint density at radius 3 is 1.76 bits per heavy atom. The zero-order valence-corrected chi connectivity index (χ0v) is 20.1. The topological polar surface area (TPSA) is 86.7 Å². The Kier molecular flexibility index (Phi) is 7.69. The molecule has 0 saturated heterocycles. The van der Waals surface area contributed by atoms with Gasteiger partial charge in [0, 0.05) is 0 Å². The van der Waals surface area contributed by atoms with Crippen LogP contribution in [0.5, 0.6) is 11.5 Å². The van der Waals surface area contributed by atoms with Gasteiger partial charge in [-0.1, -0.05) is 96.6 Å². The monoisotopic (exact) mass is 492 g/mol. The maximum Gasteiger partial charge on any atom is 0.337 e. The van der Waals surface area contributed by atoms with Crippen LogP contribution in [0.25, 0.3) is 0 Å². The molecule has 4 rings (SSSR count). The van der Waals surface area contributed by atoms with E-state index in [0.717, 1.165) is 5.56 Å². The molecule has 0 saturated carbocycles. The number of para-hydroxylation sites is 1. The molecule has 0 heterocycles. The van der Waals surface area contributed by atoms with Gasteiger partial charge in [-0.15, -0.1) is 0 Å². The van der Waals surface area contributed by atoms with Gasteiger partial charge in [-0.25, -0.2) is 4.79 Å². The number of carbonyl (C=O) groups excluding carboxylic acids is 4. The van der Waals surface area contributed by atoms with Crippen LogP contribution in [0.1, 0.15) is 22.6 Å². The lowest BCUT2D eigenvalue weighted by atomic mass is 9.72. The molecule has 0 bridgehead atoms. The van der Waals surface area contributed by atoms with Gasteiger partial charge in [0.05, 0.1) is 0 Å². The summed E-state index contributed by atoms with van der Waals surface area (Å²) in [6.07, 6.45) is 0.243. The Morgan fingerprint density at radius 1 is 0.676 bits per heavy atom. The molecule has 2 unspecified atom stereocenters. The number of rotatable bonds is 9. The van der Waals surface area contributed by atoms with Crippen molar-refractivity contribution in [3.05, 3.63) is 132 Å². The molecule has 184 valence electrons. The number of benzene rings is 4. The third-order valence-electron chi connectivity index (χ3n) is 5.94. The zero-order valence-electron chi connectivity index (χ0n) is 20.1. The average Bonchev–Trinajstić information content (AvgIpc) is 2.93. The molecule has 0 fully saturated rings. The quantitative estimate of drug-likeness (QED) is 0.142. The summed E-state index contributed by atoms with van der Waals surface area (Å²) in [5.74, 6) is -4.22. The van der Waals surface area contributed by atoms with E-state index in [-0.39, 0.29) is 28.9 Å². The van der Waals surface area contributed by atoms with E-state index in [1.54, 1.807) is 103 Å². The minimum absolute atomic E-state index is 0.0838. The lowest BCUT2D eigenvalue weighted by molar-refractivity contribution is -0.151. The number of Topliss-reactive ketones (excluding diaryl/α,β-unsaturated/α-hetero) is 1. The van der Waals surface area contributed by atoms with Crippen molar-refractivity contribution in [1.82, 2.24) is 0 Å². The van der Waals surface area contributed by atoms with E-state index in [0.29, 0.717) is 0 Å². The number of aldehydes is 1. The highest BCUT2D eigenvalue weighted by atomic mass is 16.5. The fourth-order valence-electron chi connectivity index (χ4n) is 3.96. The first-order chi connectivity index (χ1) is 18.0. The van der Waals surface area contributed by atoms with Crippen LogP contribution in [-0.4, -0.2) is 24.0 Å². The number of aryl methyl sites for hydroxylation is 1. The fraction of sp³-hybridized carbons (Fsp3) is 0.0968. The normalized spacial score (nSPS) is 13.0. The predicted octanol–water partition coefficient (Wildman–Crippen LogP) is 5.00. The molecule has 0 aromatic heterocycles. The summed E-state index contributed by atoms with van der Waals surface area (Å²) in [5.41, 5.74) is -1.13. The molecule has 0 aliphatic carbocycles. The lowest BCUT2D eigenvalue weighted by Gasteiger charge is -2.28. The number of esters is 2. The maximum atomic E-state index is 14.3. The van der Waals surface area contributed by atoms with Crippen LogP contribution in [-0.2, 0) is 24.6 Å². The Balaban J connectivity index is 1.82. The number of hydrogen-bond donors (Lipinski definition) is 0. The third kappa shape index (κ3) is 5.38. The average molecular weight is 493 g/mol. The summed E-state index contributed by atoms with van der Waals surface area (Å²) in [6.45, 7) is 1.87. The minimum atomic E-state index is -2.43. The summed E-state index contributed by atoms with van der Waals surface area (Å²) in [4.78, 5) is 54.2. The Hall–Kier alpha value is -4.84. The van der Waals surface area contributed by atoms with Crippen molar-refractivity contribution >= 4 is 24.0 Å². The second kappa shape index (κ2) is 11.3. The van der Waals surface area contributed by atoms with E-state index in [1.807, 2.05) is 6.92 Å². The van der Waals surface area contributed by atoms with Gasteiger partial charge < -0.3 is 14.3 Å². The number of carbonyl (C=O) groups is 4. The summed E-state index contributed by atoms with van der Waals surface area (Å²) in [6, 6.07) is 30.9. The first-order valence-corrected chi connectivity index (χ1v) is 11.6. The summed E-state index contributed by atoms with van der Waals surface area (Å²) in [7, 11) is 0. The smallest absolute Gasteiger partial charge is 0.337 e. The molecule has 0 N–H and O–H groups in total. The first kappa shape index (κ1) is 25.3. The van der Waals surface area contributed by atoms with E-state index >= 15 is 0 Å². The van der Waals surface area contributed by atoms with Crippen molar-refractivity contribution in [2.45, 2.75) is 18.3 Å². The van der Waals surface area contributed by atoms with Crippen LogP contribution in [0.3, 0.4) is 0 Å². The molecular formula is C31H24O6. The molecular weight excluding hydrogens is 468 g/mol. The molecule has 0 spiro atoms. The van der Waals surface area contributed by atoms with Crippen molar-refractivity contribution in [3.8, 4) is 11.5 Å². The van der Waals surface area contributed by atoms with Crippen LogP contribution in [0.2, 0.25) is 0 Å². The molecule has 0 aliphatic rings. The minimum Gasteiger partial charge on any atom is -0.426 e. The van der Waals surface area contributed by atoms with Gasteiger partial charge >= 0.3 is 11.9 Å². The number of ether oxygens (including phenoxy) is 2. The molecule has 4 aromatic rings. The molecule has 6 nitrogen and oxygen atoms in total. The van der Waals surface area contributed by atoms with E-state index < -0.39 is 29.1 Å². The van der Waals surface area contributed by atoms with Crippen LogP contribution in [0.15, 0.2) is 115 Å². The summed E-state index contributed by atoms with van der Waals surface area (Å²) < 4.78 is 11.1. The van der Waals surface area contributed by atoms with E-state index in [1.165, 1.54) is 12.1 Å². The molecule has 2 atom stereocenters. The van der Waals surface area contributed by atoms with Crippen molar-refractivity contribution in [2.24, 2.45) is 0 Å². The highest BCUT2D eigenvalue weighted by Gasteiger charge is 2.54. The molecule has 4 aromatic carbocycles. The summed E-state index contributed by atoms with van der Waals surface area (Å²) in [5, 5.41) is 0. The standard InChI is InChI=1S/C31H24O6/c1-22-17-19-26(20-18-22)37-30(35)31(21-32,24-13-7-3-8-14-24)28(33)27(23-11-5-2-6-12-23)29(34)36-25-15-9-4-10-16-25/h2-21,27H,1H3. The second-order valence-electron chi connectivity index (χ2n) is 8.44. The van der Waals surface area contributed by atoms with Gasteiger partial charge in [0.25, 0.3) is 0 Å². The van der Waals surface area contributed by atoms with Crippen molar-refractivity contribution in [3.63, 3.8) is 0 Å². The van der Waals surface area contributed by atoms with Crippen LogP contribution < -0.4 is 9.47 Å². The van der Waals surface area contributed by atoms with Crippen molar-refractivity contribution in [1.29, 1.82) is 0 Å². The second-order valence-corrected chi connectivity index (χ2v) is 8.44. The van der Waals surface area contributed by atoms with Crippen LogP contribution in [0, 0.1) is 6.92 Å². The van der Waals surface area contributed by atoms with E-state index in [9.17, 15) is 19.2 Å². The highest BCUT2D eigenvalue weighted by molar-refractivity contribution is 6.28. The van der Waals surface area contributed by atoms with E-state index in [4.69, 9.17) is 9.47 Å². The maximum absolute atomic E-state index is 14.3. The molecule has 6 heteroatoms. The van der Waals surface area contributed by atoms with Crippen molar-refractivity contribution < 1.29 is 28.7 Å². The fourth-order valence-corrected chi connectivity index (χ4v) is 3.96. The Bertz CT molecular complexity index is 1380. The van der Waals surface area contributed by atoms with Gasteiger partial charge in [-0.2, -0.15) is 0 Å². The molecule has 0 radical (unpaired) electrons. The number of ketones is 1. The van der Waals surface area contributed by atoms with Crippen LogP contribution >= 0.6 is 0 Å². The Morgan fingerprint density at radius 2 is 1.19 bits per heavy atom. The zero-order chi connectivity index (χ0) is 26.3. The number of hydrogen-bond acceptors (Lipinski definition) is 6. The van der Waals surface area contributed by atoms with Gasteiger partial charge in [-0.05, 0) is 42.3 Å². The molecule has 37 heavy (non-hydrogen) atoms. The largest absolute Gasteiger partial charge is 0.426 e. The van der Waals surface area contributed by atoms with Gasteiger partial charge in [0.1, 0.15) is 23.7 Å². The first-order valence-electron chi connectivity index (χ1n) is 11.6. The third-order valence-corrected chi connectivity index (χ3v) is 5.94. The Labute approximate surface area is 214 Å². The molecule has 0 aliphatic heterocycles. The van der Waals surface area contributed by atoms with E-state index in [2.05, 4.69) is 0 Å². The lowest BCUT2D eigenvalue weighted by Crippen LogP contribution is -2.51. The van der Waals surface area contributed by atoms with Crippen LogP contribution in [0.4, 0.5) is 0 Å². The summed E-state index contributed by atoms with van der Waals surface area (Å²) >= 11 is 0. The SMILES string of the molecule is Cc1ccc(OC(=O)C(C=O)(C(=O)C(C(=O)Oc2ccccc2)c2ccccc2)c2ccccc2)cc1. The highest BCUT2D eigenvalue weighted by Crippen LogP contribution is 2.34.